The summed E-state index contributed by atoms with van der Waals surface area (Å²) in [6.07, 6.45) is -4.04. The van der Waals surface area contributed by atoms with E-state index in [1.54, 1.807) is 19.1 Å². The summed E-state index contributed by atoms with van der Waals surface area (Å²) >= 11 is 2.68. The van der Waals surface area contributed by atoms with Crippen LogP contribution in [0.4, 0.5) is 23.9 Å². The molecule has 10 heteroatoms. The van der Waals surface area contributed by atoms with Crippen molar-refractivity contribution in [2.24, 2.45) is 10.2 Å². The number of Topliss-reactive ketones (excluding diaryl/α,β-unsaturated/α-hetero) is 2. The summed E-state index contributed by atoms with van der Waals surface area (Å²) in [6.45, 7) is 1.54. The number of fused-ring (bicyclic) bond motifs is 1. The van der Waals surface area contributed by atoms with E-state index in [-0.39, 0.29) is 23.6 Å². The Kier molecular flexibility index (Phi) is 6.48. The Hall–Kier alpha value is -3.24. The molecule has 0 saturated heterocycles. The second kappa shape index (κ2) is 9.32. The second-order valence-corrected chi connectivity index (χ2v) is 9.41. The van der Waals surface area contributed by atoms with Gasteiger partial charge in [-0.25, -0.2) is 4.98 Å². The molecule has 4 aromatic rings. The predicted octanol–water partition coefficient (Wildman–Crippen LogP) is 7.35. The maximum Gasteiger partial charge on any atom is 0.416 e. The Morgan fingerprint density at radius 1 is 0.939 bits per heavy atom. The minimum atomic E-state index is -4.44. The Bertz CT molecular complexity index is 1310. The van der Waals surface area contributed by atoms with Crippen LogP contribution in [-0.4, -0.2) is 16.6 Å². The van der Waals surface area contributed by atoms with Crippen LogP contribution in [0, 0.1) is 0 Å². The van der Waals surface area contributed by atoms with Crippen LogP contribution in [0.25, 0.3) is 9.53 Å². The lowest BCUT2D eigenvalue weighted by molar-refractivity contribution is -0.137. The third-order valence-electron chi connectivity index (χ3n) is 4.62. The zero-order valence-corrected chi connectivity index (χ0v) is 18.9. The molecule has 0 atom stereocenters. The van der Waals surface area contributed by atoms with Crippen molar-refractivity contribution >= 4 is 54.5 Å². The van der Waals surface area contributed by atoms with Crippen molar-refractivity contribution in [3.63, 3.8) is 0 Å². The number of aromatic nitrogens is 1. The van der Waals surface area contributed by atoms with E-state index in [1.165, 1.54) is 34.8 Å². The molecule has 0 aliphatic carbocycles. The molecule has 0 spiro atoms. The number of hydrogen-bond acceptors (Lipinski definition) is 7. The highest BCUT2D eigenvalue weighted by Gasteiger charge is 2.30. The minimum Gasteiger partial charge on any atom is -0.300 e. The van der Waals surface area contributed by atoms with E-state index in [0.717, 1.165) is 27.2 Å². The molecule has 0 bridgehead atoms. The number of azo groups is 1. The molecule has 2 aromatic heterocycles. The molecule has 33 heavy (non-hydrogen) atoms. The summed E-state index contributed by atoms with van der Waals surface area (Å²) in [6, 6.07) is 13.3. The zero-order valence-electron chi connectivity index (χ0n) is 17.2. The molecule has 0 radical (unpaired) electrons. The lowest BCUT2D eigenvalue weighted by Gasteiger charge is -2.06. The number of thiophene rings is 1. The van der Waals surface area contributed by atoms with Crippen molar-refractivity contribution in [3.05, 3.63) is 76.3 Å². The Balaban J connectivity index is 1.41. The van der Waals surface area contributed by atoms with Gasteiger partial charge >= 0.3 is 6.18 Å². The summed E-state index contributed by atoms with van der Waals surface area (Å²) in [5.74, 6) is -0.200. The van der Waals surface area contributed by atoms with Gasteiger partial charge in [0.15, 0.2) is 5.78 Å². The smallest absolute Gasteiger partial charge is 0.300 e. The first kappa shape index (κ1) is 22.9. The molecular weight excluding hydrogens is 471 g/mol. The fourth-order valence-electron chi connectivity index (χ4n) is 3.05. The van der Waals surface area contributed by atoms with Crippen molar-refractivity contribution in [2.75, 3.05) is 0 Å². The van der Waals surface area contributed by atoms with Crippen LogP contribution in [0.2, 0.25) is 0 Å². The monoisotopic (exact) mass is 487 g/mol. The second-order valence-electron chi connectivity index (χ2n) is 7.28. The number of hydrogen-bond donors (Lipinski definition) is 0. The van der Waals surface area contributed by atoms with Gasteiger partial charge in [-0.3, -0.25) is 9.59 Å². The van der Waals surface area contributed by atoms with Crippen LogP contribution < -0.4 is 0 Å². The molecule has 2 heterocycles. The van der Waals surface area contributed by atoms with E-state index < -0.39 is 11.7 Å². The van der Waals surface area contributed by atoms with E-state index >= 15 is 0 Å². The maximum absolute atomic E-state index is 12.7. The van der Waals surface area contributed by atoms with Crippen molar-refractivity contribution < 1.29 is 22.8 Å². The van der Waals surface area contributed by atoms with Crippen LogP contribution in [0.15, 0.2) is 64.8 Å². The number of alkyl halides is 3. The largest absolute Gasteiger partial charge is 0.416 e. The molecule has 2 aromatic carbocycles. The van der Waals surface area contributed by atoms with Gasteiger partial charge in [-0.2, -0.15) is 13.2 Å². The highest BCUT2D eigenvalue weighted by atomic mass is 32.1. The maximum atomic E-state index is 12.7. The van der Waals surface area contributed by atoms with E-state index in [2.05, 4.69) is 15.2 Å². The van der Waals surface area contributed by atoms with Gasteiger partial charge in [0.25, 0.3) is 0 Å². The van der Waals surface area contributed by atoms with Gasteiger partial charge in [0, 0.05) is 12.0 Å². The molecule has 4 rings (SSSR count). The molecule has 0 aliphatic rings. The van der Waals surface area contributed by atoms with Crippen molar-refractivity contribution in [1.29, 1.82) is 0 Å². The van der Waals surface area contributed by atoms with E-state index in [4.69, 9.17) is 0 Å². The number of ketones is 2. The zero-order chi connectivity index (χ0) is 23.6. The van der Waals surface area contributed by atoms with Gasteiger partial charge < -0.3 is 0 Å². The summed E-state index contributed by atoms with van der Waals surface area (Å²) in [5, 5.41) is 9.68. The first-order valence-corrected chi connectivity index (χ1v) is 11.4. The number of benzene rings is 2. The highest BCUT2D eigenvalue weighted by Crippen LogP contribution is 2.36. The Morgan fingerprint density at radius 2 is 1.64 bits per heavy atom. The number of halogens is 3. The van der Waals surface area contributed by atoms with E-state index in [0.29, 0.717) is 22.1 Å². The van der Waals surface area contributed by atoms with Gasteiger partial charge in [-0.1, -0.05) is 35.6 Å². The highest BCUT2D eigenvalue weighted by molar-refractivity contribution is 7.29. The summed E-state index contributed by atoms with van der Waals surface area (Å²) in [7, 11) is 0. The summed E-state index contributed by atoms with van der Waals surface area (Å²) in [5.41, 5.74) is 1.00. The fraction of sp³-hybridized carbons (Fsp3) is 0.174. The van der Waals surface area contributed by atoms with Gasteiger partial charge in [-0.15, -0.1) is 21.6 Å². The van der Waals surface area contributed by atoms with Crippen LogP contribution in [0.5, 0.6) is 0 Å². The summed E-state index contributed by atoms with van der Waals surface area (Å²) < 4.78 is 38.9. The number of thiazole rings is 1. The third kappa shape index (κ3) is 5.77. The normalized spacial score (nSPS) is 12.0. The molecule has 0 unspecified atom stereocenters. The predicted molar refractivity (Wildman–Crippen MR) is 122 cm³/mol. The van der Waals surface area contributed by atoms with Crippen LogP contribution >= 0.6 is 22.7 Å². The van der Waals surface area contributed by atoms with Crippen molar-refractivity contribution in [3.8, 4) is 0 Å². The molecule has 0 aliphatic heterocycles. The van der Waals surface area contributed by atoms with Crippen molar-refractivity contribution in [1.82, 2.24) is 4.98 Å². The van der Waals surface area contributed by atoms with Gasteiger partial charge in [0.05, 0.1) is 22.4 Å². The molecular formula is C23H16F3N3O2S2. The summed E-state index contributed by atoms with van der Waals surface area (Å²) in [4.78, 5) is 28.8. The first-order chi connectivity index (χ1) is 15.7. The Morgan fingerprint density at radius 3 is 2.24 bits per heavy atom. The first-order valence-electron chi connectivity index (χ1n) is 9.77. The van der Waals surface area contributed by atoms with E-state index in [9.17, 15) is 22.8 Å². The molecule has 0 amide bonds. The fourth-order valence-corrected chi connectivity index (χ4v) is 5.10. The molecule has 0 fully saturated rings. The SMILES string of the molecule is CC(=O)Cc1ccc(N=Nc2cc3sc(CC(=O)c4ccc(C(F)(F)F)cc4)nc3s2)cc1. The van der Waals surface area contributed by atoms with Crippen molar-refractivity contribution in [2.45, 2.75) is 25.9 Å². The molecule has 5 nitrogen and oxygen atoms in total. The molecule has 168 valence electrons. The lowest BCUT2D eigenvalue weighted by Crippen LogP contribution is -2.07. The number of rotatable bonds is 7. The van der Waals surface area contributed by atoms with Crippen LogP contribution in [-0.2, 0) is 23.8 Å². The molecule has 0 saturated carbocycles. The topological polar surface area (TPSA) is 71.8 Å². The average Bonchev–Trinajstić information content (AvgIpc) is 3.30. The number of nitrogens with zero attached hydrogens (tertiary/aromatic N) is 3. The van der Waals surface area contributed by atoms with Crippen LogP contribution in [0.3, 0.4) is 0 Å². The quantitative estimate of drug-likeness (QED) is 0.202. The third-order valence-corrected chi connectivity index (χ3v) is 6.66. The van der Waals surface area contributed by atoms with E-state index in [1.807, 2.05) is 18.2 Å². The average molecular weight is 488 g/mol. The van der Waals surface area contributed by atoms with Gasteiger partial charge in [0.2, 0.25) is 0 Å². The minimum absolute atomic E-state index is 0.0148. The van der Waals surface area contributed by atoms with Crippen LogP contribution in [0.1, 0.15) is 33.4 Å². The Labute approximate surface area is 194 Å². The lowest BCUT2D eigenvalue weighted by atomic mass is 10.1. The number of carbonyl (C=O) groups excluding carboxylic acids is 2. The van der Waals surface area contributed by atoms with Gasteiger partial charge in [0.1, 0.15) is 20.6 Å². The molecule has 0 N–H and O–H groups in total. The van der Waals surface area contributed by atoms with Gasteiger partial charge in [-0.05, 0) is 42.8 Å². The number of carbonyl (C=O) groups is 2. The standard InChI is InChI=1S/C23H16F3N3O2S2/c1-13(30)10-14-2-8-17(9-3-14)28-29-21-12-19-22(33-21)27-20(32-19)11-18(31)15-4-6-16(7-5-15)23(24,25)26/h2-9,12H,10-11H2,1H3.